The van der Waals surface area contributed by atoms with Gasteiger partial charge in [-0.15, -0.1) is 10.2 Å². The number of amides is 2. The molecule has 3 fully saturated rings. The van der Waals surface area contributed by atoms with Crippen LogP contribution in [0.3, 0.4) is 0 Å². The number of nitrogens with zero attached hydrogens (tertiary/aromatic N) is 6. The Hall–Kier alpha value is -2.74. The molecule has 0 saturated carbocycles. The molecule has 1 aromatic carbocycles. The molecular formula is C24H32N6O2. The van der Waals surface area contributed by atoms with Gasteiger partial charge in [0.15, 0.2) is 11.5 Å². The van der Waals surface area contributed by atoms with E-state index in [4.69, 9.17) is 0 Å². The molecule has 5 rings (SSSR count). The molecule has 0 aliphatic carbocycles. The van der Waals surface area contributed by atoms with Gasteiger partial charge >= 0.3 is 0 Å². The fraction of sp³-hybridized carbons (Fsp3) is 0.583. The van der Waals surface area contributed by atoms with E-state index < -0.39 is 0 Å². The van der Waals surface area contributed by atoms with Crippen LogP contribution in [0.15, 0.2) is 24.3 Å². The van der Waals surface area contributed by atoms with E-state index in [9.17, 15) is 9.59 Å². The molecule has 170 valence electrons. The Morgan fingerprint density at radius 2 is 1.38 bits per heavy atom. The number of fused-ring (bicyclic) bond motifs is 1. The fourth-order valence-corrected chi connectivity index (χ4v) is 5.10. The fourth-order valence-electron chi connectivity index (χ4n) is 5.10. The smallest absolute Gasteiger partial charge is 0.275 e. The highest BCUT2D eigenvalue weighted by atomic mass is 16.2. The van der Waals surface area contributed by atoms with Crippen molar-refractivity contribution in [1.82, 2.24) is 24.9 Å². The van der Waals surface area contributed by atoms with E-state index >= 15 is 0 Å². The zero-order valence-corrected chi connectivity index (χ0v) is 18.7. The number of benzene rings is 1. The largest absolute Gasteiger partial charge is 0.355 e. The summed E-state index contributed by atoms with van der Waals surface area (Å²) in [7, 11) is 0. The predicted molar refractivity (Wildman–Crippen MR) is 124 cm³/mol. The normalized spacial score (nSPS) is 20.2. The second-order valence-corrected chi connectivity index (χ2v) is 9.12. The lowest BCUT2D eigenvalue weighted by Gasteiger charge is -2.35. The van der Waals surface area contributed by atoms with E-state index in [-0.39, 0.29) is 11.8 Å². The third-order valence-electron chi connectivity index (χ3n) is 7.00. The van der Waals surface area contributed by atoms with Gasteiger partial charge in [-0.05, 0) is 32.1 Å². The molecule has 32 heavy (non-hydrogen) atoms. The van der Waals surface area contributed by atoms with Crippen LogP contribution in [-0.2, 0) is 4.79 Å². The third-order valence-corrected chi connectivity index (χ3v) is 7.00. The number of aromatic nitrogens is 2. The lowest BCUT2D eigenvalue weighted by molar-refractivity contribution is -0.131. The molecule has 3 saturated heterocycles. The van der Waals surface area contributed by atoms with Crippen LogP contribution in [0.1, 0.15) is 42.6 Å². The summed E-state index contributed by atoms with van der Waals surface area (Å²) >= 11 is 0. The van der Waals surface area contributed by atoms with E-state index in [1.54, 1.807) is 0 Å². The van der Waals surface area contributed by atoms with Gasteiger partial charge in [0.1, 0.15) is 0 Å². The number of hydrogen-bond acceptors (Lipinski definition) is 6. The summed E-state index contributed by atoms with van der Waals surface area (Å²) in [4.78, 5) is 34.1. The first-order valence-electron chi connectivity index (χ1n) is 12.0. The first kappa shape index (κ1) is 21.1. The monoisotopic (exact) mass is 436 g/mol. The van der Waals surface area contributed by atoms with Crippen molar-refractivity contribution in [2.45, 2.75) is 32.1 Å². The quantitative estimate of drug-likeness (QED) is 0.730. The van der Waals surface area contributed by atoms with Gasteiger partial charge in [0.05, 0.1) is 6.54 Å². The highest BCUT2D eigenvalue weighted by Crippen LogP contribution is 2.28. The first-order valence-corrected chi connectivity index (χ1v) is 12.0. The molecule has 8 nitrogen and oxygen atoms in total. The summed E-state index contributed by atoms with van der Waals surface area (Å²) in [5, 5.41) is 10.8. The average molecular weight is 437 g/mol. The van der Waals surface area contributed by atoms with E-state index in [0.717, 1.165) is 55.6 Å². The van der Waals surface area contributed by atoms with E-state index in [2.05, 4.69) is 20.0 Å². The molecule has 1 aromatic heterocycles. The second kappa shape index (κ2) is 9.40. The molecule has 0 unspecified atom stereocenters. The van der Waals surface area contributed by atoms with Crippen LogP contribution in [0.25, 0.3) is 10.8 Å². The number of anilines is 1. The molecule has 4 heterocycles. The van der Waals surface area contributed by atoms with Crippen molar-refractivity contribution in [1.29, 1.82) is 0 Å². The molecule has 8 heteroatoms. The van der Waals surface area contributed by atoms with Crippen LogP contribution in [0.5, 0.6) is 0 Å². The van der Waals surface area contributed by atoms with Crippen LogP contribution in [0.2, 0.25) is 0 Å². The Morgan fingerprint density at radius 3 is 2.09 bits per heavy atom. The van der Waals surface area contributed by atoms with E-state index in [1.165, 1.54) is 19.3 Å². The molecule has 0 spiro atoms. The van der Waals surface area contributed by atoms with Gasteiger partial charge in [-0.3, -0.25) is 14.5 Å². The molecule has 2 amide bonds. The minimum atomic E-state index is -0.0654. The van der Waals surface area contributed by atoms with Crippen molar-refractivity contribution >= 4 is 28.4 Å². The zero-order chi connectivity index (χ0) is 21.9. The summed E-state index contributed by atoms with van der Waals surface area (Å²) < 4.78 is 0. The van der Waals surface area contributed by atoms with Crippen molar-refractivity contribution < 1.29 is 9.59 Å². The molecular weight excluding hydrogens is 404 g/mol. The van der Waals surface area contributed by atoms with E-state index in [0.29, 0.717) is 38.4 Å². The first-order chi connectivity index (χ1) is 15.7. The van der Waals surface area contributed by atoms with Crippen molar-refractivity contribution in [2.24, 2.45) is 0 Å². The topological polar surface area (TPSA) is 72.9 Å². The standard InChI is InChI=1S/C24H32N6O2/c31-21(28-10-6-7-11-28)18-27-14-16-30(17-15-27)24(32)22-19-8-2-3-9-20(19)23(26-25-22)29-12-4-1-5-13-29/h2-3,8-9H,1,4-7,10-18H2. The van der Waals surface area contributed by atoms with Crippen molar-refractivity contribution in [3.63, 3.8) is 0 Å². The molecule has 0 atom stereocenters. The minimum Gasteiger partial charge on any atom is -0.355 e. The van der Waals surface area contributed by atoms with Crippen LogP contribution >= 0.6 is 0 Å². The predicted octanol–water partition coefficient (Wildman–Crippen LogP) is 2.00. The Labute approximate surface area is 189 Å². The number of hydrogen-bond donors (Lipinski definition) is 0. The number of piperidine rings is 1. The Morgan fingerprint density at radius 1 is 0.719 bits per heavy atom. The lowest BCUT2D eigenvalue weighted by atomic mass is 10.1. The highest BCUT2D eigenvalue weighted by molar-refractivity contribution is 6.07. The summed E-state index contributed by atoms with van der Waals surface area (Å²) in [5.74, 6) is 1.04. The van der Waals surface area contributed by atoms with Gasteiger partial charge in [0.25, 0.3) is 5.91 Å². The highest BCUT2D eigenvalue weighted by Gasteiger charge is 2.28. The maximum Gasteiger partial charge on any atom is 0.275 e. The zero-order valence-electron chi connectivity index (χ0n) is 18.7. The van der Waals surface area contributed by atoms with E-state index in [1.807, 2.05) is 34.1 Å². The van der Waals surface area contributed by atoms with Crippen LogP contribution in [0, 0.1) is 0 Å². The number of rotatable bonds is 4. The van der Waals surface area contributed by atoms with Crippen molar-refractivity contribution in [3.8, 4) is 0 Å². The van der Waals surface area contributed by atoms with Gasteiger partial charge in [0, 0.05) is 63.1 Å². The summed E-state index contributed by atoms with van der Waals surface area (Å²) in [6.45, 7) is 6.84. The molecule has 2 aromatic rings. The molecule has 3 aliphatic rings. The lowest BCUT2D eigenvalue weighted by Crippen LogP contribution is -2.51. The Balaban J connectivity index is 1.27. The van der Waals surface area contributed by atoms with Gasteiger partial charge in [-0.2, -0.15) is 0 Å². The average Bonchev–Trinajstić information content (AvgIpc) is 3.39. The van der Waals surface area contributed by atoms with Crippen LogP contribution < -0.4 is 4.90 Å². The van der Waals surface area contributed by atoms with Gasteiger partial charge in [-0.25, -0.2) is 0 Å². The Kier molecular flexibility index (Phi) is 6.21. The Bertz CT molecular complexity index is 976. The third kappa shape index (κ3) is 4.28. The summed E-state index contributed by atoms with van der Waals surface area (Å²) in [6, 6.07) is 7.99. The summed E-state index contributed by atoms with van der Waals surface area (Å²) in [6.07, 6.45) is 5.82. The maximum atomic E-state index is 13.4. The number of carbonyl (C=O) groups is 2. The number of carbonyl (C=O) groups excluding carboxylic acids is 2. The second-order valence-electron chi connectivity index (χ2n) is 9.12. The summed E-state index contributed by atoms with van der Waals surface area (Å²) in [5.41, 5.74) is 0.433. The maximum absolute atomic E-state index is 13.4. The number of likely N-dealkylation sites (tertiary alicyclic amines) is 1. The van der Waals surface area contributed by atoms with Crippen LogP contribution in [0.4, 0.5) is 5.82 Å². The SMILES string of the molecule is O=C(CN1CCN(C(=O)c2nnc(N3CCCCC3)c3ccccc23)CC1)N1CCCC1. The van der Waals surface area contributed by atoms with Gasteiger partial charge in [-0.1, -0.05) is 24.3 Å². The van der Waals surface area contributed by atoms with Crippen molar-refractivity contribution in [2.75, 3.05) is 63.8 Å². The van der Waals surface area contributed by atoms with Crippen molar-refractivity contribution in [3.05, 3.63) is 30.0 Å². The minimum absolute atomic E-state index is 0.0654. The van der Waals surface area contributed by atoms with Crippen LogP contribution in [-0.4, -0.2) is 95.6 Å². The molecule has 0 bridgehead atoms. The molecule has 0 N–H and O–H groups in total. The molecule has 3 aliphatic heterocycles. The number of piperazine rings is 1. The van der Waals surface area contributed by atoms with Gasteiger partial charge in [0.2, 0.25) is 5.91 Å². The molecule has 0 radical (unpaired) electrons. The van der Waals surface area contributed by atoms with Gasteiger partial charge < -0.3 is 14.7 Å².